The molecule has 2 aromatic carbocycles. The molecular weight excluding hydrogens is 656 g/mol. The smallest absolute Gasteiger partial charge is 0.410 e. The van der Waals surface area contributed by atoms with Crippen molar-refractivity contribution < 1.29 is 43.0 Å². The molecule has 13 nitrogen and oxygen atoms in total. The quantitative estimate of drug-likeness (QED) is 0.296. The normalized spacial score (nSPS) is 17.5. The summed E-state index contributed by atoms with van der Waals surface area (Å²) < 4.78 is 16.7. The SMILES string of the molecule is CC(C)(C)OC(=O)N1CCCC1C(=O)NCC(=O)c1ccc(COCc2ccc(C(=O)CNC(=O)C3CCCN3C(=O)OC(C)(C)C)cc2)cc1. The fourth-order valence-corrected chi connectivity index (χ4v) is 5.79. The third-order valence-electron chi connectivity index (χ3n) is 8.30. The summed E-state index contributed by atoms with van der Waals surface area (Å²) in [6.45, 7) is 11.7. The summed E-state index contributed by atoms with van der Waals surface area (Å²) in [6, 6.07) is 12.5. The maximum Gasteiger partial charge on any atom is 0.410 e. The molecule has 2 heterocycles. The molecule has 2 saturated heterocycles. The lowest BCUT2D eigenvalue weighted by molar-refractivity contribution is -0.125. The standard InChI is InChI=1S/C38H50N4O9/c1-37(2,3)50-35(47)41-19-7-9-29(41)33(45)39-21-31(43)27-15-11-25(12-16-27)23-49-24-26-13-17-28(18-14-26)32(44)22-40-34(46)30-10-8-20-42(30)36(48)51-38(4,5)6/h11-18,29-30H,7-10,19-24H2,1-6H3,(H,39,45)(H,40,46). The minimum absolute atomic E-state index is 0.189. The second-order valence-corrected chi connectivity index (χ2v) is 14.8. The zero-order valence-electron chi connectivity index (χ0n) is 30.4. The molecule has 2 fully saturated rings. The van der Waals surface area contributed by atoms with Gasteiger partial charge in [-0.2, -0.15) is 0 Å². The number of rotatable bonds is 12. The molecule has 0 bridgehead atoms. The largest absolute Gasteiger partial charge is 0.444 e. The first-order valence-electron chi connectivity index (χ1n) is 17.4. The molecule has 0 aliphatic carbocycles. The minimum Gasteiger partial charge on any atom is -0.444 e. The average Bonchev–Trinajstić information content (AvgIpc) is 3.76. The van der Waals surface area contributed by atoms with Gasteiger partial charge in [-0.15, -0.1) is 0 Å². The Hall–Kier alpha value is -4.78. The first-order valence-corrected chi connectivity index (χ1v) is 17.4. The summed E-state index contributed by atoms with van der Waals surface area (Å²) in [4.78, 5) is 78.9. The second kappa shape index (κ2) is 17.0. The Morgan fingerprint density at radius 2 is 0.961 bits per heavy atom. The van der Waals surface area contributed by atoms with Gasteiger partial charge in [0.2, 0.25) is 11.8 Å². The molecule has 2 unspecified atom stereocenters. The third-order valence-corrected chi connectivity index (χ3v) is 8.30. The van der Waals surface area contributed by atoms with Gasteiger partial charge in [-0.3, -0.25) is 29.0 Å². The van der Waals surface area contributed by atoms with E-state index in [9.17, 15) is 28.8 Å². The number of Topliss-reactive ketones (excluding diaryl/α,β-unsaturated/α-hetero) is 2. The Balaban J connectivity index is 1.17. The van der Waals surface area contributed by atoms with Gasteiger partial charge in [-0.05, 0) is 78.4 Å². The predicted molar refractivity (Wildman–Crippen MR) is 188 cm³/mol. The molecule has 2 N–H and O–H groups in total. The molecule has 0 radical (unpaired) electrons. The minimum atomic E-state index is -0.670. The van der Waals surface area contributed by atoms with Gasteiger partial charge in [0.15, 0.2) is 11.6 Å². The highest BCUT2D eigenvalue weighted by Crippen LogP contribution is 2.22. The summed E-state index contributed by atoms with van der Waals surface area (Å²) in [5, 5.41) is 5.33. The van der Waals surface area contributed by atoms with Crippen molar-refractivity contribution in [1.82, 2.24) is 20.4 Å². The van der Waals surface area contributed by atoms with E-state index in [-0.39, 0.29) is 36.5 Å². The van der Waals surface area contributed by atoms with E-state index in [1.54, 1.807) is 90.1 Å². The van der Waals surface area contributed by atoms with E-state index in [2.05, 4.69) is 10.6 Å². The van der Waals surface area contributed by atoms with Crippen molar-refractivity contribution in [2.24, 2.45) is 0 Å². The molecule has 51 heavy (non-hydrogen) atoms. The van der Waals surface area contributed by atoms with Gasteiger partial charge in [0, 0.05) is 24.2 Å². The van der Waals surface area contributed by atoms with Crippen molar-refractivity contribution in [3.05, 3.63) is 70.8 Å². The summed E-state index contributed by atoms with van der Waals surface area (Å²) in [7, 11) is 0. The lowest BCUT2D eigenvalue weighted by Gasteiger charge is -2.28. The Kier molecular flexibility index (Phi) is 13.0. The monoisotopic (exact) mass is 706 g/mol. The molecule has 2 atom stereocenters. The molecule has 4 amide bonds. The zero-order chi connectivity index (χ0) is 37.3. The lowest BCUT2D eigenvalue weighted by atomic mass is 10.1. The molecule has 2 aliphatic heterocycles. The number of hydrogen-bond acceptors (Lipinski definition) is 9. The van der Waals surface area contributed by atoms with Crippen LogP contribution in [0.25, 0.3) is 0 Å². The first-order chi connectivity index (χ1) is 24.0. The van der Waals surface area contributed by atoms with Crippen LogP contribution in [0.3, 0.4) is 0 Å². The Morgan fingerprint density at radius 1 is 0.608 bits per heavy atom. The van der Waals surface area contributed by atoms with Crippen molar-refractivity contribution in [1.29, 1.82) is 0 Å². The Labute approximate surface area is 299 Å². The van der Waals surface area contributed by atoms with Crippen molar-refractivity contribution in [2.45, 2.75) is 104 Å². The van der Waals surface area contributed by atoms with Crippen LogP contribution in [0.1, 0.15) is 99.1 Å². The summed E-state index contributed by atoms with van der Waals surface area (Å²) >= 11 is 0. The number of nitrogens with zero attached hydrogens (tertiary/aromatic N) is 2. The number of ether oxygens (including phenoxy) is 3. The van der Waals surface area contributed by atoms with Gasteiger partial charge in [0.05, 0.1) is 26.3 Å². The maximum atomic E-state index is 12.8. The van der Waals surface area contributed by atoms with Gasteiger partial charge < -0.3 is 24.8 Å². The van der Waals surface area contributed by atoms with Crippen molar-refractivity contribution in [2.75, 3.05) is 26.2 Å². The van der Waals surface area contributed by atoms with Crippen LogP contribution in [-0.2, 0) is 37.0 Å². The Bertz CT molecular complexity index is 1460. The van der Waals surface area contributed by atoms with E-state index < -0.39 is 35.5 Å². The van der Waals surface area contributed by atoms with Crippen LogP contribution >= 0.6 is 0 Å². The number of ketones is 2. The second-order valence-electron chi connectivity index (χ2n) is 14.8. The van der Waals surface area contributed by atoms with Crippen molar-refractivity contribution in [3.8, 4) is 0 Å². The molecule has 13 heteroatoms. The average molecular weight is 707 g/mol. The van der Waals surface area contributed by atoms with Crippen molar-refractivity contribution in [3.63, 3.8) is 0 Å². The van der Waals surface area contributed by atoms with Gasteiger partial charge in [-0.1, -0.05) is 48.5 Å². The number of benzene rings is 2. The fraction of sp³-hybridized carbons (Fsp3) is 0.526. The van der Waals surface area contributed by atoms with Crippen molar-refractivity contribution >= 4 is 35.6 Å². The first kappa shape index (κ1) is 39.0. The van der Waals surface area contributed by atoms with E-state index in [0.29, 0.717) is 63.1 Å². The Morgan fingerprint density at radius 3 is 1.29 bits per heavy atom. The van der Waals surface area contributed by atoms with Gasteiger partial charge in [0.1, 0.15) is 23.3 Å². The van der Waals surface area contributed by atoms with Crippen LogP contribution in [0.5, 0.6) is 0 Å². The van der Waals surface area contributed by atoms with Gasteiger partial charge in [-0.25, -0.2) is 9.59 Å². The highest BCUT2D eigenvalue weighted by molar-refractivity contribution is 6.01. The van der Waals surface area contributed by atoms with Crippen LogP contribution < -0.4 is 10.6 Å². The number of likely N-dealkylation sites (tertiary alicyclic amines) is 2. The molecule has 2 aliphatic rings. The number of carbonyl (C=O) groups excluding carboxylic acids is 6. The van der Waals surface area contributed by atoms with E-state index >= 15 is 0 Å². The number of carbonyl (C=O) groups is 6. The summed E-state index contributed by atoms with van der Waals surface area (Å²) in [6.07, 6.45) is 1.31. The highest BCUT2D eigenvalue weighted by Gasteiger charge is 2.38. The van der Waals surface area contributed by atoms with E-state index in [1.165, 1.54) is 9.80 Å². The number of hydrogen-bond donors (Lipinski definition) is 2. The van der Waals surface area contributed by atoms with Crippen LogP contribution in [0.2, 0.25) is 0 Å². The van der Waals surface area contributed by atoms with E-state index in [4.69, 9.17) is 14.2 Å². The number of amides is 4. The van der Waals surface area contributed by atoms with E-state index in [1.807, 2.05) is 0 Å². The van der Waals surface area contributed by atoms with Crippen LogP contribution in [0.15, 0.2) is 48.5 Å². The molecule has 4 rings (SSSR count). The van der Waals surface area contributed by atoms with E-state index in [0.717, 1.165) is 11.1 Å². The number of nitrogens with one attached hydrogen (secondary N) is 2. The summed E-state index contributed by atoms with van der Waals surface area (Å²) in [5.74, 6) is -1.27. The summed E-state index contributed by atoms with van der Waals surface area (Å²) in [5.41, 5.74) is 1.24. The van der Waals surface area contributed by atoms with Crippen LogP contribution in [0.4, 0.5) is 9.59 Å². The van der Waals surface area contributed by atoms with Gasteiger partial charge >= 0.3 is 12.2 Å². The van der Waals surface area contributed by atoms with Crippen LogP contribution in [0, 0.1) is 0 Å². The highest BCUT2D eigenvalue weighted by atomic mass is 16.6. The predicted octanol–water partition coefficient (Wildman–Crippen LogP) is 4.80. The van der Waals surface area contributed by atoms with Crippen LogP contribution in [-0.4, -0.2) is 94.8 Å². The molecule has 0 spiro atoms. The van der Waals surface area contributed by atoms with Gasteiger partial charge in [0.25, 0.3) is 0 Å². The zero-order valence-corrected chi connectivity index (χ0v) is 30.4. The molecule has 2 aromatic rings. The maximum absolute atomic E-state index is 12.8. The fourth-order valence-electron chi connectivity index (χ4n) is 5.79. The molecule has 276 valence electrons. The molecular formula is C38H50N4O9. The lowest BCUT2D eigenvalue weighted by Crippen LogP contribution is -2.48. The molecule has 0 saturated carbocycles. The third kappa shape index (κ3) is 11.6. The molecule has 0 aromatic heterocycles. The topological polar surface area (TPSA) is 161 Å².